The molecule has 0 unspecified atom stereocenters. The van der Waals surface area contributed by atoms with Crippen LogP contribution in [0.2, 0.25) is 0 Å². The lowest BCUT2D eigenvalue weighted by molar-refractivity contribution is 0.607. The predicted octanol–water partition coefficient (Wildman–Crippen LogP) is 2.00. The van der Waals surface area contributed by atoms with E-state index in [1.807, 2.05) is 19.1 Å². The zero-order chi connectivity index (χ0) is 16.2. The fourth-order valence-corrected chi connectivity index (χ4v) is 2.57. The van der Waals surface area contributed by atoms with Gasteiger partial charge in [-0.15, -0.1) is 0 Å². The van der Waals surface area contributed by atoms with Crippen molar-refractivity contribution in [2.24, 2.45) is 0 Å². The average Bonchev–Trinajstić information content (AvgIpc) is 2.44. The molecule has 1 aromatic carbocycles. The van der Waals surface area contributed by atoms with Gasteiger partial charge in [0, 0.05) is 29.7 Å². The van der Waals surface area contributed by atoms with Gasteiger partial charge in [-0.1, -0.05) is 12.1 Å². The number of nitrogen functional groups attached to an aromatic ring is 1. The van der Waals surface area contributed by atoms with Gasteiger partial charge in [0.05, 0.1) is 6.26 Å². The van der Waals surface area contributed by atoms with Crippen molar-refractivity contribution in [2.75, 3.05) is 28.6 Å². The van der Waals surface area contributed by atoms with Gasteiger partial charge in [0.25, 0.3) is 0 Å². The van der Waals surface area contributed by atoms with Crippen LogP contribution in [0.1, 0.15) is 11.1 Å². The van der Waals surface area contributed by atoms with Crippen molar-refractivity contribution < 1.29 is 8.42 Å². The number of sulfonamides is 1. The van der Waals surface area contributed by atoms with Crippen molar-refractivity contribution in [3.8, 4) is 0 Å². The molecule has 0 aliphatic heterocycles. The molecule has 0 atom stereocenters. The van der Waals surface area contributed by atoms with Crippen LogP contribution in [0, 0.1) is 6.92 Å². The van der Waals surface area contributed by atoms with Gasteiger partial charge >= 0.3 is 0 Å². The zero-order valence-electron chi connectivity index (χ0n) is 12.6. The maximum Gasteiger partial charge on any atom is 0.229 e. The van der Waals surface area contributed by atoms with Crippen molar-refractivity contribution in [3.63, 3.8) is 0 Å². The molecule has 2 aromatic rings. The molecule has 0 aliphatic rings. The van der Waals surface area contributed by atoms with E-state index in [-0.39, 0.29) is 0 Å². The van der Waals surface area contributed by atoms with Crippen LogP contribution in [0.4, 0.5) is 17.2 Å². The second kappa shape index (κ2) is 6.65. The predicted molar refractivity (Wildman–Crippen MR) is 90.5 cm³/mol. The number of anilines is 3. The lowest BCUT2D eigenvalue weighted by Crippen LogP contribution is -2.10. The van der Waals surface area contributed by atoms with Gasteiger partial charge in [-0.25, -0.2) is 13.4 Å². The minimum absolute atomic E-state index is 0.563. The molecule has 1 aromatic heterocycles. The molecule has 0 aliphatic carbocycles. The van der Waals surface area contributed by atoms with E-state index in [2.05, 4.69) is 15.0 Å². The SMILES string of the molecule is Cc1c(N)ccnc1NCCc1ccc(NS(C)(=O)=O)cc1. The van der Waals surface area contributed by atoms with Crippen LogP contribution in [0.5, 0.6) is 0 Å². The third-order valence-corrected chi connectivity index (χ3v) is 3.82. The Hall–Kier alpha value is -2.28. The minimum Gasteiger partial charge on any atom is -0.398 e. The number of benzene rings is 1. The Kier molecular flexibility index (Phi) is 4.87. The lowest BCUT2D eigenvalue weighted by atomic mass is 10.1. The number of pyridine rings is 1. The van der Waals surface area contributed by atoms with E-state index in [0.717, 1.165) is 36.2 Å². The highest BCUT2D eigenvalue weighted by molar-refractivity contribution is 7.92. The monoisotopic (exact) mass is 320 g/mol. The van der Waals surface area contributed by atoms with Crippen LogP contribution in [0.25, 0.3) is 0 Å². The molecule has 6 nitrogen and oxygen atoms in total. The third kappa shape index (κ3) is 4.63. The first-order valence-corrected chi connectivity index (χ1v) is 8.76. The van der Waals surface area contributed by atoms with Gasteiger partial charge in [0.15, 0.2) is 0 Å². The molecule has 2 rings (SSSR count). The molecule has 0 saturated heterocycles. The summed E-state index contributed by atoms with van der Waals surface area (Å²) in [6, 6.07) is 9.07. The number of nitrogens with zero attached hydrogens (tertiary/aromatic N) is 1. The van der Waals surface area contributed by atoms with E-state index in [1.165, 1.54) is 0 Å². The van der Waals surface area contributed by atoms with Crippen LogP contribution in [0.15, 0.2) is 36.5 Å². The fourth-order valence-electron chi connectivity index (χ4n) is 2.01. The van der Waals surface area contributed by atoms with Crippen molar-refractivity contribution in [2.45, 2.75) is 13.3 Å². The van der Waals surface area contributed by atoms with Crippen LogP contribution in [-0.4, -0.2) is 26.2 Å². The summed E-state index contributed by atoms with van der Waals surface area (Å²) in [4.78, 5) is 4.26. The summed E-state index contributed by atoms with van der Waals surface area (Å²) in [5.41, 5.74) is 9.16. The molecular weight excluding hydrogens is 300 g/mol. The largest absolute Gasteiger partial charge is 0.398 e. The van der Waals surface area contributed by atoms with E-state index in [4.69, 9.17) is 5.73 Å². The molecule has 4 N–H and O–H groups in total. The van der Waals surface area contributed by atoms with Crippen molar-refractivity contribution in [1.29, 1.82) is 0 Å². The van der Waals surface area contributed by atoms with Crippen LogP contribution < -0.4 is 15.8 Å². The third-order valence-electron chi connectivity index (χ3n) is 3.21. The van der Waals surface area contributed by atoms with Crippen molar-refractivity contribution in [1.82, 2.24) is 4.98 Å². The first-order valence-electron chi connectivity index (χ1n) is 6.87. The maximum atomic E-state index is 11.1. The molecule has 0 saturated carbocycles. The quantitative estimate of drug-likeness (QED) is 0.756. The number of rotatable bonds is 6. The highest BCUT2D eigenvalue weighted by Crippen LogP contribution is 2.17. The first kappa shape index (κ1) is 16.1. The summed E-state index contributed by atoms with van der Waals surface area (Å²) in [6.07, 6.45) is 3.61. The summed E-state index contributed by atoms with van der Waals surface area (Å²) < 4.78 is 24.7. The number of hydrogen-bond acceptors (Lipinski definition) is 5. The molecule has 0 amide bonds. The highest BCUT2D eigenvalue weighted by atomic mass is 32.2. The summed E-state index contributed by atoms with van der Waals surface area (Å²) in [6.45, 7) is 2.65. The first-order chi connectivity index (χ1) is 10.3. The lowest BCUT2D eigenvalue weighted by Gasteiger charge is -2.10. The summed E-state index contributed by atoms with van der Waals surface area (Å²) in [5.74, 6) is 0.787. The zero-order valence-corrected chi connectivity index (χ0v) is 13.4. The van der Waals surface area contributed by atoms with E-state index < -0.39 is 10.0 Å². The van der Waals surface area contributed by atoms with Crippen LogP contribution >= 0.6 is 0 Å². The van der Waals surface area contributed by atoms with Crippen molar-refractivity contribution >= 4 is 27.2 Å². The molecule has 1 heterocycles. The average molecular weight is 320 g/mol. The Balaban J connectivity index is 1.91. The number of nitrogens with one attached hydrogen (secondary N) is 2. The molecule has 7 heteroatoms. The van der Waals surface area contributed by atoms with Gasteiger partial charge < -0.3 is 11.1 Å². The fraction of sp³-hybridized carbons (Fsp3) is 0.267. The maximum absolute atomic E-state index is 11.1. The standard InChI is InChI=1S/C15H20N4O2S/c1-11-14(16)8-10-18-15(11)17-9-7-12-3-5-13(6-4-12)19-22(2,20)21/h3-6,8,10,19H,7,9H2,1-2H3,(H3,16,17,18). The van der Waals surface area contributed by atoms with E-state index in [0.29, 0.717) is 11.4 Å². The Morgan fingerprint density at radius 3 is 2.50 bits per heavy atom. The second-order valence-electron chi connectivity index (χ2n) is 5.12. The Labute approximate surface area is 130 Å². The molecule has 0 fully saturated rings. The smallest absolute Gasteiger partial charge is 0.229 e. The molecule has 118 valence electrons. The van der Waals surface area contributed by atoms with Crippen LogP contribution in [-0.2, 0) is 16.4 Å². The highest BCUT2D eigenvalue weighted by Gasteiger charge is 2.03. The number of hydrogen-bond donors (Lipinski definition) is 3. The van der Waals surface area contributed by atoms with Gasteiger partial charge in [-0.3, -0.25) is 4.72 Å². The van der Waals surface area contributed by atoms with Gasteiger partial charge in [-0.2, -0.15) is 0 Å². The van der Waals surface area contributed by atoms with E-state index >= 15 is 0 Å². The molecule has 0 bridgehead atoms. The molecular formula is C15H20N4O2S. The normalized spacial score (nSPS) is 11.2. The Morgan fingerprint density at radius 2 is 1.86 bits per heavy atom. The summed E-state index contributed by atoms with van der Waals surface area (Å²) in [5, 5.41) is 3.25. The van der Waals surface area contributed by atoms with Crippen molar-refractivity contribution in [3.05, 3.63) is 47.7 Å². The second-order valence-corrected chi connectivity index (χ2v) is 6.87. The molecule has 0 radical (unpaired) electrons. The minimum atomic E-state index is -3.23. The van der Waals surface area contributed by atoms with Gasteiger partial charge in [-0.05, 0) is 37.1 Å². The molecule has 22 heavy (non-hydrogen) atoms. The molecule has 0 spiro atoms. The Morgan fingerprint density at radius 1 is 1.18 bits per heavy atom. The Bertz CT molecular complexity index is 743. The summed E-state index contributed by atoms with van der Waals surface area (Å²) in [7, 11) is -3.23. The topological polar surface area (TPSA) is 97.1 Å². The van der Waals surface area contributed by atoms with E-state index in [1.54, 1.807) is 24.4 Å². The van der Waals surface area contributed by atoms with E-state index in [9.17, 15) is 8.42 Å². The number of aromatic nitrogens is 1. The van der Waals surface area contributed by atoms with Gasteiger partial charge in [0.2, 0.25) is 10.0 Å². The van der Waals surface area contributed by atoms with Gasteiger partial charge in [0.1, 0.15) is 5.82 Å². The summed E-state index contributed by atoms with van der Waals surface area (Å²) >= 11 is 0. The van der Waals surface area contributed by atoms with Crippen LogP contribution in [0.3, 0.4) is 0 Å². The number of nitrogens with two attached hydrogens (primary N) is 1.